The molecule has 0 aromatic carbocycles. The third kappa shape index (κ3) is 3.17. The maximum Gasteiger partial charge on any atom is 0.145 e. The monoisotopic (exact) mass is 313 g/mol. The van der Waals surface area contributed by atoms with Gasteiger partial charge in [-0.25, -0.2) is 14.4 Å². The average molecular weight is 313 g/mol. The largest absolute Gasteiger partial charge is 0.349 e. The summed E-state index contributed by atoms with van der Waals surface area (Å²) in [4.78, 5) is 17.0. The Morgan fingerprint density at radius 3 is 2.74 bits per heavy atom. The third-order valence-corrected chi connectivity index (χ3v) is 4.66. The molecule has 4 rings (SSSR count). The second-order valence-corrected chi connectivity index (χ2v) is 6.35. The lowest BCUT2D eigenvalue weighted by Gasteiger charge is -2.30. The Bertz CT molecular complexity index is 661. The van der Waals surface area contributed by atoms with Crippen LogP contribution in [0.4, 0.5) is 10.2 Å². The Morgan fingerprint density at radius 1 is 1.13 bits per heavy atom. The van der Waals surface area contributed by atoms with Crippen molar-refractivity contribution in [3.63, 3.8) is 0 Å². The van der Waals surface area contributed by atoms with Crippen LogP contribution in [0, 0.1) is 5.82 Å². The van der Waals surface area contributed by atoms with Crippen LogP contribution in [0.15, 0.2) is 37.1 Å². The standard InChI is InChI=1S/C17H20FN5/c18-16-9-19-6-3-13(16)10-22-8-5-15(11-22)23(14-1-2-14)17-4-7-20-12-21-17/h3-4,6-7,9,12,14-15H,1-2,5,8,10-11H2. The molecule has 5 nitrogen and oxygen atoms in total. The molecule has 2 aromatic heterocycles. The van der Waals surface area contributed by atoms with Gasteiger partial charge in [0.25, 0.3) is 0 Å². The molecule has 6 heteroatoms. The first-order valence-corrected chi connectivity index (χ1v) is 8.16. The fraction of sp³-hybridized carbons (Fsp3) is 0.471. The van der Waals surface area contributed by atoms with Crippen molar-refractivity contribution in [1.82, 2.24) is 19.9 Å². The number of pyridine rings is 1. The van der Waals surface area contributed by atoms with Crippen LogP contribution in [0.1, 0.15) is 24.8 Å². The van der Waals surface area contributed by atoms with E-state index in [1.807, 2.05) is 6.07 Å². The molecule has 2 aromatic rings. The normalized spacial score (nSPS) is 21.5. The van der Waals surface area contributed by atoms with Crippen molar-refractivity contribution in [3.05, 3.63) is 48.4 Å². The Morgan fingerprint density at radius 2 is 2.00 bits per heavy atom. The minimum Gasteiger partial charge on any atom is -0.349 e. The first kappa shape index (κ1) is 14.5. The van der Waals surface area contributed by atoms with Crippen LogP contribution in [0.3, 0.4) is 0 Å². The summed E-state index contributed by atoms with van der Waals surface area (Å²) in [5, 5.41) is 0. The van der Waals surface area contributed by atoms with Crippen molar-refractivity contribution < 1.29 is 4.39 Å². The van der Waals surface area contributed by atoms with Crippen molar-refractivity contribution in [3.8, 4) is 0 Å². The lowest BCUT2D eigenvalue weighted by atomic mass is 10.2. The van der Waals surface area contributed by atoms with E-state index in [9.17, 15) is 4.39 Å². The van der Waals surface area contributed by atoms with E-state index in [-0.39, 0.29) is 5.82 Å². The number of rotatable bonds is 5. The second-order valence-electron chi connectivity index (χ2n) is 6.35. The quantitative estimate of drug-likeness (QED) is 0.847. The SMILES string of the molecule is Fc1cnccc1CN1CCC(N(c2ccncn2)C2CC2)C1. The third-order valence-electron chi connectivity index (χ3n) is 4.66. The van der Waals surface area contributed by atoms with E-state index in [1.54, 1.807) is 24.8 Å². The molecule has 0 N–H and O–H groups in total. The summed E-state index contributed by atoms with van der Waals surface area (Å²) in [6.07, 6.45) is 9.93. The second kappa shape index (κ2) is 6.20. The molecule has 1 saturated carbocycles. The first-order chi connectivity index (χ1) is 11.3. The molecule has 0 spiro atoms. The van der Waals surface area contributed by atoms with Gasteiger partial charge in [0.2, 0.25) is 0 Å². The maximum atomic E-state index is 13.8. The highest BCUT2D eigenvalue weighted by atomic mass is 19.1. The van der Waals surface area contributed by atoms with E-state index < -0.39 is 0 Å². The number of nitrogens with zero attached hydrogens (tertiary/aromatic N) is 5. The van der Waals surface area contributed by atoms with E-state index in [1.165, 1.54) is 19.0 Å². The average Bonchev–Trinajstić information content (AvgIpc) is 3.30. The molecule has 1 aliphatic heterocycles. The summed E-state index contributed by atoms with van der Waals surface area (Å²) in [5.41, 5.74) is 0.723. The zero-order valence-corrected chi connectivity index (χ0v) is 13.0. The Balaban J connectivity index is 1.46. The first-order valence-electron chi connectivity index (χ1n) is 8.16. The number of anilines is 1. The van der Waals surface area contributed by atoms with Gasteiger partial charge in [-0.3, -0.25) is 9.88 Å². The van der Waals surface area contributed by atoms with Crippen LogP contribution in [-0.4, -0.2) is 45.0 Å². The van der Waals surface area contributed by atoms with Gasteiger partial charge in [0.1, 0.15) is 18.0 Å². The van der Waals surface area contributed by atoms with Crippen LogP contribution in [0.2, 0.25) is 0 Å². The summed E-state index contributed by atoms with van der Waals surface area (Å²) in [6, 6.07) is 4.81. The molecule has 0 radical (unpaired) electrons. The van der Waals surface area contributed by atoms with Crippen LogP contribution in [0.25, 0.3) is 0 Å². The highest BCUT2D eigenvalue weighted by Gasteiger charge is 2.38. The zero-order chi connectivity index (χ0) is 15.6. The fourth-order valence-corrected chi connectivity index (χ4v) is 3.42. The molecule has 3 heterocycles. The minimum absolute atomic E-state index is 0.217. The molecular weight excluding hydrogens is 293 g/mol. The molecule has 2 fully saturated rings. The molecule has 1 saturated heterocycles. The molecule has 1 unspecified atom stereocenters. The van der Waals surface area contributed by atoms with Crippen molar-refractivity contribution in [1.29, 1.82) is 0 Å². The number of likely N-dealkylation sites (tertiary alicyclic amines) is 1. The Kier molecular flexibility index (Phi) is 3.91. The van der Waals surface area contributed by atoms with Crippen LogP contribution in [0.5, 0.6) is 0 Å². The maximum absolute atomic E-state index is 13.8. The molecule has 0 bridgehead atoms. The predicted octanol–water partition coefficient (Wildman–Crippen LogP) is 2.25. The van der Waals surface area contributed by atoms with Gasteiger partial charge >= 0.3 is 0 Å². The van der Waals surface area contributed by atoms with Gasteiger partial charge in [-0.2, -0.15) is 0 Å². The molecule has 23 heavy (non-hydrogen) atoms. The van der Waals surface area contributed by atoms with Crippen LogP contribution >= 0.6 is 0 Å². The summed E-state index contributed by atoms with van der Waals surface area (Å²) in [5.74, 6) is 0.801. The molecule has 1 aliphatic carbocycles. The zero-order valence-electron chi connectivity index (χ0n) is 13.0. The molecule has 120 valence electrons. The number of aromatic nitrogens is 3. The topological polar surface area (TPSA) is 45.2 Å². The van der Waals surface area contributed by atoms with Crippen molar-refractivity contribution in [2.24, 2.45) is 0 Å². The number of hydrogen-bond acceptors (Lipinski definition) is 5. The van der Waals surface area contributed by atoms with Crippen molar-refractivity contribution in [2.45, 2.75) is 37.9 Å². The predicted molar refractivity (Wildman–Crippen MR) is 85.4 cm³/mol. The van der Waals surface area contributed by atoms with Gasteiger partial charge in [-0.05, 0) is 31.4 Å². The van der Waals surface area contributed by atoms with Gasteiger partial charge in [-0.1, -0.05) is 0 Å². The summed E-state index contributed by atoms with van der Waals surface area (Å²) >= 11 is 0. The molecule has 2 aliphatic rings. The van der Waals surface area contributed by atoms with E-state index in [2.05, 4.69) is 24.8 Å². The van der Waals surface area contributed by atoms with Crippen LogP contribution in [-0.2, 0) is 6.54 Å². The highest BCUT2D eigenvalue weighted by Crippen LogP contribution is 2.34. The van der Waals surface area contributed by atoms with E-state index in [0.717, 1.165) is 30.9 Å². The fourth-order valence-electron chi connectivity index (χ4n) is 3.42. The molecule has 1 atom stereocenters. The lowest BCUT2D eigenvalue weighted by molar-refractivity contribution is 0.318. The van der Waals surface area contributed by atoms with E-state index in [4.69, 9.17) is 0 Å². The number of hydrogen-bond donors (Lipinski definition) is 0. The van der Waals surface area contributed by atoms with E-state index >= 15 is 0 Å². The minimum atomic E-state index is -0.217. The van der Waals surface area contributed by atoms with Crippen molar-refractivity contribution >= 4 is 5.82 Å². The summed E-state index contributed by atoms with van der Waals surface area (Å²) < 4.78 is 13.8. The van der Waals surface area contributed by atoms with Gasteiger partial charge in [0.15, 0.2) is 0 Å². The number of halogens is 1. The summed E-state index contributed by atoms with van der Waals surface area (Å²) in [6.45, 7) is 2.58. The van der Waals surface area contributed by atoms with Crippen LogP contribution < -0.4 is 4.90 Å². The molecular formula is C17H20FN5. The van der Waals surface area contributed by atoms with Gasteiger partial charge < -0.3 is 4.90 Å². The van der Waals surface area contributed by atoms with Gasteiger partial charge in [-0.15, -0.1) is 0 Å². The Labute approximate surface area is 135 Å². The smallest absolute Gasteiger partial charge is 0.145 e. The van der Waals surface area contributed by atoms with Gasteiger partial charge in [0.05, 0.1) is 6.20 Å². The van der Waals surface area contributed by atoms with Gasteiger partial charge in [0, 0.05) is 49.7 Å². The van der Waals surface area contributed by atoms with Crippen molar-refractivity contribution in [2.75, 3.05) is 18.0 Å². The summed E-state index contributed by atoms with van der Waals surface area (Å²) in [7, 11) is 0. The lowest BCUT2D eigenvalue weighted by Crippen LogP contribution is -2.39. The van der Waals surface area contributed by atoms with E-state index in [0.29, 0.717) is 18.6 Å². The highest BCUT2D eigenvalue weighted by molar-refractivity contribution is 5.42. The molecule has 0 amide bonds. The Hall–Kier alpha value is -2.08.